The van der Waals surface area contributed by atoms with Crippen LogP contribution in [-0.4, -0.2) is 309 Å². The number of aliphatic hydroxyl groups excluding tert-OH is 2. The Morgan fingerprint density at radius 2 is 0.349 bits per heavy atom. The van der Waals surface area contributed by atoms with Crippen LogP contribution >= 0.6 is 0 Å². The molecule has 0 rings (SSSR count). The highest BCUT2D eigenvalue weighted by atomic mass is 28.4. The fraction of sp³-hybridized carbons (Fsp3) is 0.959. The second kappa shape index (κ2) is 94.9. The zero-order valence-electron chi connectivity index (χ0n) is 73.4. The molecule has 0 saturated carbocycles. The molecule has 0 spiro atoms. The van der Waals surface area contributed by atoms with Gasteiger partial charge in [0.1, 0.15) is 53.8 Å². The Bertz CT molecular complexity index is 2140. The lowest BCUT2D eigenvalue weighted by Gasteiger charge is -2.36. The SMILES string of the molecule is C.C.C.C.C.C.C.C.C.C.C.C.C.C.C.C.C.C.C.C.CC(C)(C)[Si](C)(C)C#CCOCCOCC(COCCOCC#C[Si](C)(C)C(C)(C)C)OCCOCCOC(COCCO[Si](C)(C)C(C)(C)C)COCCO[Si](C)(C)C(C)(C)C.CC(C)(C)[Si](C)(C)OCCOCC(COCCO[Si](C)(C)C(C)(C)C)OCCOCCOC(COCCO)COCCO. The van der Waals surface area contributed by atoms with Crippen LogP contribution in [0.5, 0.6) is 0 Å². The molecule has 792 valence electrons. The number of hydrogen-bond donors (Lipinski definition) is 2. The summed E-state index contributed by atoms with van der Waals surface area (Å²) in [5.74, 6) is 6.45. The monoisotopic (exact) mass is 1940 g/mol. The van der Waals surface area contributed by atoms with Gasteiger partial charge in [0.25, 0.3) is 0 Å². The molecule has 0 aliphatic rings. The van der Waals surface area contributed by atoms with Gasteiger partial charge in [-0.3, -0.25) is 0 Å². The summed E-state index contributed by atoms with van der Waals surface area (Å²) in [6.07, 6.45) is -1.07. The molecule has 0 bridgehead atoms. The van der Waals surface area contributed by atoms with Crippen molar-refractivity contribution in [3.05, 3.63) is 0 Å². The lowest BCUT2D eigenvalue weighted by atomic mass is 10.2. The number of aliphatic hydroxyl groups is 2. The first kappa shape index (κ1) is 182. The Morgan fingerprint density at radius 3 is 0.508 bits per heavy atom. The topological polar surface area (TPSA) is 225 Å². The Balaban J connectivity index is -0.0000000775. The van der Waals surface area contributed by atoms with E-state index in [1.54, 1.807) is 0 Å². The average molecular weight is 1940 g/mol. The molecule has 0 aromatic heterocycles. The first-order valence-electron chi connectivity index (χ1n) is 39.1. The maximum Gasteiger partial charge on any atom is 0.192 e. The minimum absolute atomic E-state index is 0. The standard InChI is InChI=1S/C48H98O11Si4.C30H66O11Si2.20CH4/c1-45(2,3)60(13,14)37-21-23-49-25-27-52-39-43(40-53-28-26-50-24-22-38-61(15,16)46(4,5)6)56-33-29-51-30-34-57-44(41-54-31-35-58-62(17,18)47(7,8)9)42-55-32-36-59-63(19,20)48(10,11)12;1-29(2,3)42(7,8)40-21-17-36-25-28(26-37-18-22-41-43(9,10)30(4,5)6)39-20-16-33-15-19-38-27(23-34-13-11-31)24-35-14-12-32;;;;;;;;;;;;;;;;;;;;/h43-44H,23-36,39-42H2,1-20H3;27-28,31-32H,11-26H2,1-10H3;20*1H4. The van der Waals surface area contributed by atoms with E-state index in [9.17, 15) is 0 Å². The molecule has 2 N–H and O–H groups in total. The molecule has 0 saturated heterocycles. The molecule has 0 atom stereocenters. The lowest BCUT2D eigenvalue weighted by Crippen LogP contribution is -2.42. The molecule has 0 radical (unpaired) electrons. The largest absolute Gasteiger partial charge is 0.414 e. The summed E-state index contributed by atoms with van der Waals surface area (Å²) in [7, 11) is -10.6. The average Bonchev–Trinajstić information content (AvgIpc) is 0.877. The van der Waals surface area contributed by atoms with Crippen LogP contribution in [0, 0.1) is 22.9 Å². The zero-order valence-corrected chi connectivity index (χ0v) is 79.4. The summed E-state index contributed by atoms with van der Waals surface area (Å²) in [5.41, 5.74) is 6.97. The Kier molecular flexibility index (Phi) is 137. The highest BCUT2D eigenvalue weighted by Gasteiger charge is 2.41. The molecule has 0 unspecified atom stereocenters. The molecule has 22 nitrogen and oxygen atoms in total. The second-order valence-electron chi connectivity index (χ2n) is 36.1. The summed E-state index contributed by atoms with van der Waals surface area (Å²) in [6.45, 7) is 80.7. The van der Waals surface area contributed by atoms with Crippen LogP contribution in [0.25, 0.3) is 0 Å². The van der Waals surface area contributed by atoms with Crippen LogP contribution in [0.1, 0.15) is 273 Å². The zero-order chi connectivity index (χ0) is 81.3. The molecular weight excluding hydrogens is 1700 g/mol. The van der Waals surface area contributed by atoms with Crippen LogP contribution in [0.15, 0.2) is 0 Å². The van der Waals surface area contributed by atoms with E-state index in [-0.39, 0.29) is 230 Å². The van der Waals surface area contributed by atoms with Crippen LogP contribution in [0.4, 0.5) is 0 Å². The van der Waals surface area contributed by atoms with Gasteiger partial charge in [0.15, 0.2) is 33.3 Å². The molecule has 0 aromatic rings. The summed E-state index contributed by atoms with van der Waals surface area (Å²) in [4.78, 5) is 0. The lowest BCUT2D eigenvalue weighted by molar-refractivity contribution is -0.0939. The van der Waals surface area contributed by atoms with Gasteiger partial charge >= 0.3 is 0 Å². The third kappa shape index (κ3) is 90.0. The van der Waals surface area contributed by atoms with Gasteiger partial charge in [0.2, 0.25) is 0 Å². The number of hydrogen-bond acceptors (Lipinski definition) is 22. The van der Waals surface area contributed by atoms with Crippen LogP contribution in [0.3, 0.4) is 0 Å². The molecule has 126 heavy (non-hydrogen) atoms. The van der Waals surface area contributed by atoms with E-state index < -0.39 is 49.4 Å². The van der Waals surface area contributed by atoms with Crippen LogP contribution in [0.2, 0.25) is 109 Å². The fourth-order valence-corrected chi connectivity index (χ4v) is 13.3. The normalized spacial score (nSPS) is 11.5. The van der Waals surface area contributed by atoms with Crippen molar-refractivity contribution in [3.63, 3.8) is 0 Å². The summed E-state index contributed by atoms with van der Waals surface area (Å²) in [6, 6.07) is 0. The second-order valence-corrected chi connectivity index (χ2v) is 65.4. The van der Waals surface area contributed by atoms with Gasteiger partial charge in [-0.15, -0.1) is 11.1 Å². The smallest absolute Gasteiger partial charge is 0.192 e. The molecule has 28 heteroatoms. The van der Waals surface area contributed by atoms with E-state index in [2.05, 4.69) is 226 Å². The van der Waals surface area contributed by atoms with Gasteiger partial charge in [0, 0.05) is 0 Å². The molecule has 0 aromatic carbocycles. The maximum absolute atomic E-state index is 8.90. The minimum atomic E-state index is -1.84. The van der Waals surface area contributed by atoms with Gasteiger partial charge in [0.05, 0.1) is 211 Å². The molecule has 0 amide bonds. The Morgan fingerprint density at radius 1 is 0.198 bits per heavy atom. The minimum Gasteiger partial charge on any atom is -0.414 e. The first-order valence-corrected chi connectivity index (χ1v) is 56.7. The van der Waals surface area contributed by atoms with E-state index in [0.29, 0.717) is 198 Å². The Hall–Kier alpha value is -0.459. The first-order chi connectivity index (χ1) is 48.9. The third-order valence-corrected chi connectivity index (χ3v) is 48.1. The van der Waals surface area contributed by atoms with Gasteiger partial charge < -0.3 is 104 Å². The molecular formula is C98H244O22Si6. The third-order valence-electron chi connectivity index (χ3n) is 20.9. The van der Waals surface area contributed by atoms with Crippen LogP contribution in [-0.2, 0) is 93.5 Å². The quantitative estimate of drug-likeness (QED) is 0.0328. The van der Waals surface area contributed by atoms with Crippen molar-refractivity contribution in [2.24, 2.45) is 0 Å². The van der Waals surface area contributed by atoms with Crippen molar-refractivity contribution >= 4 is 49.4 Å². The van der Waals surface area contributed by atoms with Crippen molar-refractivity contribution in [2.45, 2.75) is 406 Å². The number of ether oxygens (including phenoxy) is 16. The van der Waals surface area contributed by atoms with Crippen LogP contribution < -0.4 is 0 Å². The predicted molar refractivity (Wildman–Crippen MR) is 580 cm³/mol. The van der Waals surface area contributed by atoms with Gasteiger partial charge in [-0.05, 0) is 82.6 Å². The van der Waals surface area contributed by atoms with Gasteiger partial charge in [-0.1, -0.05) is 311 Å². The number of rotatable bonds is 60. The van der Waals surface area contributed by atoms with E-state index >= 15 is 0 Å². The highest BCUT2D eigenvalue weighted by Crippen LogP contribution is 2.40. The van der Waals surface area contributed by atoms with Crippen molar-refractivity contribution in [1.82, 2.24) is 0 Å². The summed E-state index contributed by atoms with van der Waals surface area (Å²) >= 11 is 0. The summed E-state index contributed by atoms with van der Waals surface area (Å²) in [5, 5.41) is 18.9. The fourth-order valence-electron chi connectivity index (χ4n) is 7.38. The molecule has 0 heterocycles. The van der Waals surface area contributed by atoms with E-state index in [1.165, 1.54) is 0 Å². The van der Waals surface area contributed by atoms with Gasteiger partial charge in [-0.2, -0.15) is 0 Å². The van der Waals surface area contributed by atoms with E-state index in [1.807, 2.05) is 0 Å². The molecule has 0 aliphatic heterocycles. The van der Waals surface area contributed by atoms with E-state index in [0.717, 1.165) is 0 Å². The van der Waals surface area contributed by atoms with Gasteiger partial charge in [-0.25, -0.2) is 0 Å². The Labute approximate surface area is 802 Å². The van der Waals surface area contributed by atoms with Crippen molar-refractivity contribution in [2.75, 3.05) is 225 Å². The molecule has 0 aliphatic carbocycles. The maximum atomic E-state index is 8.90. The predicted octanol–water partition coefficient (Wildman–Crippen LogP) is 26.6. The van der Waals surface area contributed by atoms with Crippen molar-refractivity contribution in [3.8, 4) is 22.9 Å². The van der Waals surface area contributed by atoms with Crippen molar-refractivity contribution in [1.29, 1.82) is 0 Å². The summed E-state index contributed by atoms with van der Waals surface area (Å²) < 4.78 is 119. The van der Waals surface area contributed by atoms with Crippen molar-refractivity contribution < 1.29 is 104 Å². The van der Waals surface area contributed by atoms with E-state index in [4.69, 9.17) is 104 Å². The molecule has 0 fully saturated rings. The highest BCUT2D eigenvalue weighted by molar-refractivity contribution is 6.88.